The lowest BCUT2D eigenvalue weighted by atomic mass is 10.1. The van der Waals surface area contributed by atoms with Gasteiger partial charge in [-0.05, 0) is 20.0 Å². The van der Waals surface area contributed by atoms with Crippen molar-refractivity contribution in [3.05, 3.63) is 35.1 Å². The summed E-state index contributed by atoms with van der Waals surface area (Å²) in [7, 11) is 1.79. The highest BCUT2D eigenvalue weighted by Gasteiger charge is 2.14. The van der Waals surface area contributed by atoms with E-state index in [1.54, 1.807) is 26.1 Å². The van der Waals surface area contributed by atoms with Crippen molar-refractivity contribution in [3.8, 4) is 0 Å². The molecular weight excluding hydrogens is 221 g/mol. The van der Waals surface area contributed by atoms with Gasteiger partial charge >= 0.3 is 5.97 Å². The Morgan fingerprint density at radius 3 is 2.76 bits per heavy atom. The monoisotopic (exact) mass is 239 g/mol. The van der Waals surface area contributed by atoms with Crippen LogP contribution in [0.2, 0.25) is 0 Å². The van der Waals surface area contributed by atoms with Crippen molar-refractivity contribution in [2.75, 3.05) is 13.6 Å². The minimum Gasteiger partial charge on any atom is -0.481 e. The summed E-state index contributed by atoms with van der Waals surface area (Å²) in [6.07, 6.45) is 0. The molecule has 0 heterocycles. The van der Waals surface area contributed by atoms with Crippen molar-refractivity contribution in [2.24, 2.45) is 5.92 Å². The van der Waals surface area contributed by atoms with E-state index < -0.39 is 11.9 Å². The van der Waals surface area contributed by atoms with E-state index in [1.165, 1.54) is 6.07 Å². The fourth-order valence-corrected chi connectivity index (χ4v) is 1.73. The maximum absolute atomic E-state index is 13.5. The van der Waals surface area contributed by atoms with Crippen molar-refractivity contribution in [2.45, 2.75) is 20.4 Å². The summed E-state index contributed by atoms with van der Waals surface area (Å²) in [5, 5.41) is 8.79. The number of aliphatic carboxylic acids is 1. The highest BCUT2D eigenvalue weighted by atomic mass is 19.1. The Balaban J connectivity index is 2.64. The fraction of sp³-hybridized carbons (Fsp3) is 0.462. The lowest BCUT2D eigenvalue weighted by Crippen LogP contribution is -2.28. The Bertz CT molecular complexity index is 406. The van der Waals surface area contributed by atoms with Crippen molar-refractivity contribution < 1.29 is 14.3 Å². The minimum absolute atomic E-state index is 0.245. The molecule has 0 aliphatic carbocycles. The maximum Gasteiger partial charge on any atom is 0.307 e. The molecule has 0 radical (unpaired) electrons. The molecule has 0 aliphatic heterocycles. The molecule has 0 fully saturated rings. The molecule has 1 aromatic carbocycles. The molecule has 94 valence electrons. The van der Waals surface area contributed by atoms with Gasteiger partial charge in [-0.3, -0.25) is 4.79 Å². The summed E-state index contributed by atoms with van der Waals surface area (Å²) in [6.45, 7) is 4.38. The van der Waals surface area contributed by atoms with Crippen LogP contribution in [0.4, 0.5) is 4.39 Å². The largest absolute Gasteiger partial charge is 0.481 e. The SMILES string of the molecule is Cc1ccc(F)c(CN(C)CC(C)C(=O)O)c1. The molecule has 0 aromatic heterocycles. The van der Waals surface area contributed by atoms with Gasteiger partial charge in [0, 0.05) is 18.7 Å². The van der Waals surface area contributed by atoms with Crippen molar-refractivity contribution in [1.29, 1.82) is 0 Å². The predicted molar refractivity (Wildman–Crippen MR) is 64.3 cm³/mol. The smallest absolute Gasteiger partial charge is 0.307 e. The van der Waals surface area contributed by atoms with Gasteiger partial charge in [0.15, 0.2) is 0 Å². The third kappa shape index (κ3) is 4.15. The van der Waals surface area contributed by atoms with E-state index in [9.17, 15) is 9.18 Å². The van der Waals surface area contributed by atoms with E-state index in [0.717, 1.165) is 5.56 Å². The number of aryl methyl sites for hydroxylation is 1. The molecule has 0 spiro atoms. The Kier molecular flexibility index (Phi) is 4.63. The lowest BCUT2D eigenvalue weighted by molar-refractivity contribution is -0.141. The van der Waals surface area contributed by atoms with Crippen molar-refractivity contribution >= 4 is 5.97 Å². The molecule has 0 aliphatic rings. The number of halogens is 1. The van der Waals surface area contributed by atoms with E-state index in [2.05, 4.69) is 0 Å². The number of carbonyl (C=O) groups is 1. The standard InChI is InChI=1S/C13H18FNO2/c1-9-4-5-12(14)11(6-9)8-15(3)7-10(2)13(16)17/h4-6,10H,7-8H2,1-3H3,(H,16,17). The van der Waals surface area contributed by atoms with Gasteiger partial charge in [-0.25, -0.2) is 4.39 Å². The summed E-state index contributed by atoms with van der Waals surface area (Å²) in [6, 6.07) is 4.95. The first kappa shape index (κ1) is 13.6. The lowest BCUT2D eigenvalue weighted by Gasteiger charge is -2.19. The third-order valence-electron chi connectivity index (χ3n) is 2.65. The molecule has 17 heavy (non-hydrogen) atoms. The molecule has 1 aromatic rings. The van der Waals surface area contributed by atoms with Crippen LogP contribution in [0.5, 0.6) is 0 Å². The second-order valence-corrected chi connectivity index (χ2v) is 4.53. The topological polar surface area (TPSA) is 40.5 Å². The first-order valence-electron chi connectivity index (χ1n) is 5.56. The average Bonchev–Trinajstić information content (AvgIpc) is 2.23. The van der Waals surface area contributed by atoms with Crippen LogP contribution in [0.15, 0.2) is 18.2 Å². The second kappa shape index (κ2) is 5.77. The van der Waals surface area contributed by atoms with Crippen LogP contribution in [-0.2, 0) is 11.3 Å². The predicted octanol–water partition coefficient (Wildman–Crippen LogP) is 2.29. The van der Waals surface area contributed by atoms with Crippen LogP contribution in [0.1, 0.15) is 18.1 Å². The molecular formula is C13H18FNO2. The number of carboxylic acid groups (broad SMARTS) is 1. The number of hydrogen-bond acceptors (Lipinski definition) is 2. The Labute approximate surface area is 101 Å². The van der Waals surface area contributed by atoms with Crippen LogP contribution in [0.25, 0.3) is 0 Å². The van der Waals surface area contributed by atoms with Crippen LogP contribution in [-0.4, -0.2) is 29.6 Å². The van der Waals surface area contributed by atoms with Crippen molar-refractivity contribution in [1.82, 2.24) is 4.90 Å². The van der Waals surface area contributed by atoms with Gasteiger partial charge in [0.1, 0.15) is 5.82 Å². The average molecular weight is 239 g/mol. The van der Waals surface area contributed by atoms with E-state index in [-0.39, 0.29) is 5.82 Å². The summed E-state index contributed by atoms with van der Waals surface area (Å²) in [5.41, 5.74) is 1.60. The molecule has 4 heteroatoms. The number of nitrogens with zero attached hydrogens (tertiary/aromatic N) is 1. The minimum atomic E-state index is -0.832. The molecule has 0 saturated carbocycles. The maximum atomic E-state index is 13.5. The zero-order valence-electron chi connectivity index (χ0n) is 10.4. The van der Waals surface area contributed by atoms with Crippen molar-refractivity contribution in [3.63, 3.8) is 0 Å². The highest BCUT2D eigenvalue weighted by molar-refractivity contribution is 5.69. The highest BCUT2D eigenvalue weighted by Crippen LogP contribution is 2.12. The van der Waals surface area contributed by atoms with Gasteiger partial charge in [-0.1, -0.05) is 24.6 Å². The van der Waals surface area contributed by atoms with Crippen LogP contribution < -0.4 is 0 Å². The number of hydrogen-bond donors (Lipinski definition) is 1. The first-order valence-corrected chi connectivity index (χ1v) is 5.56. The van der Waals surface area contributed by atoms with Crippen LogP contribution in [0.3, 0.4) is 0 Å². The van der Waals surface area contributed by atoms with E-state index in [0.29, 0.717) is 18.7 Å². The molecule has 3 nitrogen and oxygen atoms in total. The van der Waals surface area contributed by atoms with Gasteiger partial charge in [0.05, 0.1) is 5.92 Å². The van der Waals surface area contributed by atoms with Gasteiger partial charge in [0.2, 0.25) is 0 Å². The van der Waals surface area contributed by atoms with Crippen LogP contribution >= 0.6 is 0 Å². The zero-order valence-corrected chi connectivity index (χ0v) is 10.4. The summed E-state index contributed by atoms with van der Waals surface area (Å²) in [5.74, 6) is -1.53. The Morgan fingerprint density at radius 2 is 2.18 bits per heavy atom. The van der Waals surface area contributed by atoms with Gasteiger partial charge in [-0.2, -0.15) is 0 Å². The third-order valence-corrected chi connectivity index (χ3v) is 2.65. The molecule has 1 N–H and O–H groups in total. The molecule has 1 atom stereocenters. The molecule has 0 saturated heterocycles. The van der Waals surface area contributed by atoms with Crippen LogP contribution in [0, 0.1) is 18.7 Å². The number of rotatable bonds is 5. The zero-order chi connectivity index (χ0) is 13.0. The summed E-state index contributed by atoms with van der Waals surface area (Å²) < 4.78 is 13.5. The quantitative estimate of drug-likeness (QED) is 0.857. The normalized spacial score (nSPS) is 12.8. The molecule has 1 unspecified atom stereocenters. The number of benzene rings is 1. The molecule has 1 rings (SSSR count). The van der Waals surface area contributed by atoms with Gasteiger partial charge < -0.3 is 10.0 Å². The summed E-state index contributed by atoms with van der Waals surface area (Å²) in [4.78, 5) is 12.5. The Morgan fingerprint density at radius 1 is 1.53 bits per heavy atom. The molecule has 0 amide bonds. The summed E-state index contributed by atoms with van der Waals surface area (Å²) >= 11 is 0. The Hall–Kier alpha value is -1.42. The van der Waals surface area contributed by atoms with E-state index in [1.807, 2.05) is 11.8 Å². The van der Waals surface area contributed by atoms with E-state index >= 15 is 0 Å². The fourth-order valence-electron chi connectivity index (χ4n) is 1.73. The van der Waals surface area contributed by atoms with Gasteiger partial charge in [-0.15, -0.1) is 0 Å². The van der Waals surface area contributed by atoms with Gasteiger partial charge in [0.25, 0.3) is 0 Å². The second-order valence-electron chi connectivity index (χ2n) is 4.53. The number of carboxylic acids is 1. The first-order chi connectivity index (χ1) is 7.90. The van der Waals surface area contributed by atoms with E-state index in [4.69, 9.17) is 5.11 Å². The molecule has 0 bridgehead atoms.